The average Bonchev–Trinajstić information content (AvgIpc) is 3.05. The van der Waals surface area contributed by atoms with Crippen molar-refractivity contribution in [1.29, 1.82) is 0 Å². The van der Waals surface area contributed by atoms with Crippen molar-refractivity contribution in [1.82, 2.24) is 15.0 Å². The van der Waals surface area contributed by atoms with E-state index in [0.29, 0.717) is 12.2 Å². The molecular weight excluding hydrogens is 334 g/mol. The number of aromatic nitrogens is 3. The van der Waals surface area contributed by atoms with Crippen molar-refractivity contribution in [3.63, 3.8) is 0 Å². The van der Waals surface area contributed by atoms with Gasteiger partial charge in [0.05, 0.1) is 17.1 Å². The number of H-pyrrole nitrogens is 1. The zero-order valence-corrected chi connectivity index (χ0v) is 13.8. The van der Waals surface area contributed by atoms with Gasteiger partial charge < -0.3 is 10.7 Å². The first kappa shape index (κ1) is 16.4. The molecule has 130 valence electrons. The first-order valence-electron chi connectivity index (χ1n) is 8.20. The minimum absolute atomic E-state index is 0.284. The molecule has 4 aromatic rings. The first-order chi connectivity index (χ1) is 12.6. The van der Waals surface area contributed by atoms with Gasteiger partial charge in [0.2, 0.25) is 5.95 Å². The molecule has 0 aliphatic carbocycles. The second-order valence-electron chi connectivity index (χ2n) is 6.16. The molecule has 1 atom stereocenters. The predicted octanol–water partition coefficient (Wildman–Crippen LogP) is 4.15. The molecular formula is C20H16F2N4. The van der Waals surface area contributed by atoms with Gasteiger partial charge in [0.15, 0.2) is 0 Å². The van der Waals surface area contributed by atoms with Crippen LogP contribution < -0.4 is 5.73 Å². The van der Waals surface area contributed by atoms with Crippen LogP contribution in [0.25, 0.3) is 22.2 Å². The van der Waals surface area contributed by atoms with Gasteiger partial charge in [-0.1, -0.05) is 18.2 Å². The van der Waals surface area contributed by atoms with E-state index in [9.17, 15) is 8.78 Å². The van der Waals surface area contributed by atoms with E-state index in [1.165, 1.54) is 24.4 Å². The number of nitrogens with one attached hydrogen (secondary N) is 1. The highest BCUT2D eigenvalue weighted by atomic mass is 19.1. The van der Waals surface area contributed by atoms with E-state index in [1.54, 1.807) is 12.1 Å². The van der Waals surface area contributed by atoms with Crippen LogP contribution in [0, 0.1) is 11.8 Å². The predicted molar refractivity (Wildman–Crippen MR) is 96.3 cm³/mol. The SMILES string of the molecule is N[C@H](Cc1cccc(F)c1)c1nc2ccc(-c3ccnc(F)c3)cc2[nH]1. The number of pyridine rings is 1. The van der Waals surface area contributed by atoms with Gasteiger partial charge in [-0.05, 0) is 53.4 Å². The van der Waals surface area contributed by atoms with Crippen molar-refractivity contribution in [2.24, 2.45) is 5.73 Å². The van der Waals surface area contributed by atoms with Crippen LogP contribution in [0.1, 0.15) is 17.4 Å². The second kappa shape index (κ2) is 6.65. The number of aromatic amines is 1. The summed E-state index contributed by atoms with van der Waals surface area (Å²) in [4.78, 5) is 11.3. The number of hydrogen-bond donors (Lipinski definition) is 2. The summed E-state index contributed by atoms with van der Waals surface area (Å²) < 4.78 is 26.7. The highest BCUT2D eigenvalue weighted by Gasteiger charge is 2.13. The molecule has 3 N–H and O–H groups in total. The molecule has 0 aliphatic rings. The van der Waals surface area contributed by atoms with Crippen LogP contribution in [0.5, 0.6) is 0 Å². The van der Waals surface area contributed by atoms with Crippen LogP contribution in [0.4, 0.5) is 8.78 Å². The third kappa shape index (κ3) is 3.32. The number of hydrogen-bond acceptors (Lipinski definition) is 3. The summed E-state index contributed by atoms with van der Waals surface area (Å²) >= 11 is 0. The van der Waals surface area contributed by atoms with Gasteiger partial charge in [-0.3, -0.25) is 0 Å². The van der Waals surface area contributed by atoms with Crippen molar-refractivity contribution in [2.45, 2.75) is 12.5 Å². The smallest absolute Gasteiger partial charge is 0.213 e. The molecule has 0 amide bonds. The Kier molecular flexibility index (Phi) is 4.18. The fourth-order valence-corrected chi connectivity index (χ4v) is 2.98. The summed E-state index contributed by atoms with van der Waals surface area (Å²) in [6.45, 7) is 0. The van der Waals surface area contributed by atoms with E-state index in [2.05, 4.69) is 15.0 Å². The third-order valence-corrected chi connectivity index (χ3v) is 4.26. The summed E-state index contributed by atoms with van der Waals surface area (Å²) in [5, 5.41) is 0. The topological polar surface area (TPSA) is 67.6 Å². The molecule has 4 rings (SSSR count). The Bertz CT molecular complexity index is 1070. The molecule has 2 aromatic heterocycles. The Labute approximate surface area is 148 Å². The zero-order valence-electron chi connectivity index (χ0n) is 13.8. The van der Waals surface area contributed by atoms with Gasteiger partial charge >= 0.3 is 0 Å². The van der Waals surface area contributed by atoms with Crippen molar-refractivity contribution in [3.05, 3.63) is 83.9 Å². The largest absolute Gasteiger partial charge is 0.341 e. The maximum Gasteiger partial charge on any atom is 0.213 e. The Morgan fingerprint density at radius 2 is 1.85 bits per heavy atom. The lowest BCUT2D eigenvalue weighted by Gasteiger charge is -2.08. The minimum Gasteiger partial charge on any atom is -0.341 e. The summed E-state index contributed by atoms with van der Waals surface area (Å²) in [5.41, 5.74) is 10.2. The number of nitrogens with zero attached hydrogens (tertiary/aromatic N) is 2. The van der Waals surface area contributed by atoms with Crippen LogP contribution in [0.2, 0.25) is 0 Å². The molecule has 0 aliphatic heterocycles. The Balaban J connectivity index is 1.63. The van der Waals surface area contributed by atoms with Crippen molar-refractivity contribution in [2.75, 3.05) is 0 Å². The molecule has 26 heavy (non-hydrogen) atoms. The van der Waals surface area contributed by atoms with E-state index in [1.807, 2.05) is 24.3 Å². The Morgan fingerprint density at radius 1 is 1.00 bits per heavy atom. The van der Waals surface area contributed by atoms with Crippen molar-refractivity contribution < 1.29 is 8.78 Å². The molecule has 0 spiro atoms. The van der Waals surface area contributed by atoms with Crippen molar-refractivity contribution >= 4 is 11.0 Å². The molecule has 6 heteroatoms. The monoisotopic (exact) mass is 350 g/mol. The van der Waals surface area contributed by atoms with Crippen molar-refractivity contribution in [3.8, 4) is 11.1 Å². The van der Waals surface area contributed by atoms with Gasteiger partial charge in [-0.15, -0.1) is 0 Å². The fraction of sp³-hybridized carbons (Fsp3) is 0.100. The molecule has 2 heterocycles. The highest BCUT2D eigenvalue weighted by Crippen LogP contribution is 2.25. The molecule has 4 nitrogen and oxygen atoms in total. The normalized spacial score (nSPS) is 12.4. The van der Waals surface area contributed by atoms with Crippen LogP contribution in [0.15, 0.2) is 60.8 Å². The third-order valence-electron chi connectivity index (χ3n) is 4.26. The van der Waals surface area contributed by atoms with Gasteiger partial charge in [0, 0.05) is 12.3 Å². The maximum atomic E-state index is 13.3. The lowest BCUT2D eigenvalue weighted by molar-refractivity contribution is 0.584. The summed E-state index contributed by atoms with van der Waals surface area (Å²) in [6, 6.07) is 14.8. The first-order valence-corrected chi connectivity index (χ1v) is 8.20. The molecule has 0 saturated carbocycles. The molecule has 0 unspecified atom stereocenters. The number of rotatable bonds is 4. The second-order valence-corrected chi connectivity index (χ2v) is 6.16. The van der Waals surface area contributed by atoms with E-state index in [0.717, 1.165) is 27.7 Å². The van der Waals surface area contributed by atoms with Crippen LogP contribution >= 0.6 is 0 Å². The van der Waals surface area contributed by atoms with Gasteiger partial charge in [-0.2, -0.15) is 4.39 Å². The lowest BCUT2D eigenvalue weighted by Crippen LogP contribution is -2.15. The average molecular weight is 350 g/mol. The van der Waals surface area contributed by atoms with Crippen LogP contribution in [-0.4, -0.2) is 15.0 Å². The summed E-state index contributed by atoms with van der Waals surface area (Å²) in [5.74, 6) is -0.180. The van der Waals surface area contributed by atoms with E-state index in [-0.39, 0.29) is 11.9 Å². The summed E-state index contributed by atoms with van der Waals surface area (Å²) in [6.07, 6.45) is 1.90. The van der Waals surface area contributed by atoms with E-state index < -0.39 is 5.95 Å². The minimum atomic E-state index is -0.523. The Hall–Kier alpha value is -3.12. The van der Waals surface area contributed by atoms with E-state index in [4.69, 9.17) is 5.73 Å². The number of imidazole rings is 1. The molecule has 0 radical (unpaired) electrons. The van der Waals surface area contributed by atoms with Gasteiger partial charge in [0.25, 0.3) is 0 Å². The number of benzene rings is 2. The molecule has 0 saturated heterocycles. The lowest BCUT2D eigenvalue weighted by atomic mass is 10.1. The van der Waals surface area contributed by atoms with Crippen LogP contribution in [0.3, 0.4) is 0 Å². The fourth-order valence-electron chi connectivity index (χ4n) is 2.98. The molecule has 0 fully saturated rings. The standard InChI is InChI=1S/C20H16F2N4/c21-15-3-1-2-12(8-15)9-16(23)20-25-17-5-4-13(10-18(17)26-20)14-6-7-24-19(22)11-14/h1-8,10-11,16H,9,23H2,(H,25,26)/t16-/m1/s1. The van der Waals surface area contributed by atoms with E-state index >= 15 is 0 Å². The molecule has 0 bridgehead atoms. The maximum absolute atomic E-state index is 13.3. The zero-order chi connectivity index (χ0) is 18.1. The summed E-state index contributed by atoms with van der Waals surface area (Å²) in [7, 11) is 0. The number of halogens is 2. The number of nitrogens with two attached hydrogens (primary N) is 1. The highest BCUT2D eigenvalue weighted by molar-refractivity contribution is 5.82. The quantitative estimate of drug-likeness (QED) is 0.544. The number of fused-ring (bicyclic) bond motifs is 1. The van der Waals surface area contributed by atoms with Gasteiger partial charge in [0.1, 0.15) is 11.6 Å². The van der Waals surface area contributed by atoms with Crippen LogP contribution in [-0.2, 0) is 6.42 Å². The molecule has 2 aromatic carbocycles. The van der Waals surface area contributed by atoms with Gasteiger partial charge in [-0.25, -0.2) is 14.4 Å². The Morgan fingerprint density at radius 3 is 2.65 bits per heavy atom.